The zero-order valence-electron chi connectivity index (χ0n) is 10.1. The molecule has 0 aromatic heterocycles. The minimum atomic E-state index is 0.0681. The van der Waals surface area contributed by atoms with Gasteiger partial charge in [0.25, 0.3) is 0 Å². The van der Waals surface area contributed by atoms with Gasteiger partial charge in [-0.15, -0.1) is 0 Å². The summed E-state index contributed by atoms with van der Waals surface area (Å²) in [5, 5.41) is 5.26. The fourth-order valence-electron chi connectivity index (χ4n) is 2.14. The van der Waals surface area contributed by atoms with Crippen molar-refractivity contribution in [1.82, 2.24) is 0 Å². The summed E-state index contributed by atoms with van der Waals surface area (Å²) in [6.07, 6.45) is 0.548. The Morgan fingerprint density at radius 3 is 2.67 bits per heavy atom. The first kappa shape index (κ1) is 11.2. The van der Waals surface area contributed by atoms with Crippen LogP contribution < -0.4 is 5.32 Å². The van der Waals surface area contributed by atoms with E-state index in [-0.39, 0.29) is 5.91 Å². The summed E-state index contributed by atoms with van der Waals surface area (Å²) in [7, 11) is 0. The fraction of sp³-hybridized carbons (Fsp3) is 0.267. The van der Waals surface area contributed by atoms with Gasteiger partial charge in [0, 0.05) is 18.0 Å². The van der Waals surface area contributed by atoms with Crippen LogP contribution in [0.4, 0.5) is 5.69 Å². The fourth-order valence-corrected chi connectivity index (χ4v) is 2.14. The highest BCUT2D eigenvalue weighted by molar-refractivity contribution is 5.94. The van der Waals surface area contributed by atoms with Crippen LogP contribution in [0.2, 0.25) is 0 Å². The van der Waals surface area contributed by atoms with Crippen LogP contribution >= 0.6 is 0 Å². The van der Waals surface area contributed by atoms with Crippen molar-refractivity contribution in [1.29, 1.82) is 0 Å². The molecule has 1 aliphatic rings. The van der Waals surface area contributed by atoms with Crippen molar-refractivity contribution < 1.29 is 9.53 Å². The van der Waals surface area contributed by atoms with Crippen molar-refractivity contribution in [3.05, 3.63) is 42.5 Å². The van der Waals surface area contributed by atoms with Crippen molar-refractivity contribution in [2.75, 3.05) is 18.5 Å². The Bertz CT molecular complexity index is 575. The number of rotatable bonds is 3. The van der Waals surface area contributed by atoms with E-state index < -0.39 is 0 Å². The number of hydrogen-bond acceptors (Lipinski definition) is 2. The SMILES string of the molecule is O=C(CC1COC1)Nc1ccc2ccccc2c1. The first-order valence-corrected chi connectivity index (χ1v) is 6.18. The molecule has 0 atom stereocenters. The molecular weight excluding hydrogens is 226 g/mol. The van der Waals surface area contributed by atoms with E-state index in [2.05, 4.69) is 11.4 Å². The Morgan fingerprint density at radius 2 is 1.94 bits per heavy atom. The minimum Gasteiger partial charge on any atom is -0.381 e. The van der Waals surface area contributed by atoms with Crippen LogP contribution in [0.3, 0.4) is 0 Å². The molecule has 3 heteroatoms. The Morgan fingerprint density at radius 1 is 1.17 bits per heavy atom. The molecule has 2 aromatic rings. The predicted molar refractivity (Wildman–Crippen MR) is 71.5 cm³/mol. The molecule has 1 heterocycles. The molecule has 1 saturated heterocycles. The smallest absolute Gasteiger partial charge is 0.224 e. The molecule has 1 N–H and O–H groups in total. The molecule has 1 amide bonds. The highest BCUT2D eigenvalue weighted by Crippen LogP contribution is 2.20. The molecule has 0 spiro atoms. The Hall–Kier alpha value is -1.87. The van der Waals surface area contributed by atoms with Gasteiger partial charge in [-0.3, -0.25) is 4.79 Å². The molecule has 0 saturated carbocycles. The van der Waals surface area contributed by atoms with Gasteiger partial charge < -0.3 is 10.1 Å². The molecule has 3 nitrogen and oxygen atoms in total. The summed E-state index contributed by atoms with van der Waals surface area (Å²) < 4.78 is 5.06. The topological polar surface area (TPSA) is 38.3 Å². The molecule has 2 aromatic carbocycles. The second-order valence-electron chi connectivity index (χ2n) is 4.72. The molecular formula is C15H15NO2. The number of anilines is 1. The first-order chi connectivity index (χ1) is 8.81. The van der Waals surface area contributed by atoms with Crippen LogP contribution in [0.1, 0.15) is 6.42 Å². The Balaban J connectivity index is 1.71. The van der Waals surface area contributed by atoms with Crippen molar-refractivity contribution in [2.45, 2.75) is 6.42 Å². The van der Waals surface area contributed by atoms with Gasteiger partial charge in [0.1, 0.15) is 0 Å². The zero-order valence-corrected chi connectivity index (χ0v) is 10.1. The highest BCUT2D eigenvalue weighted by Gasteiger charge is 2.21. The molecule has 0 bridgehead atoms. The largest absolute Gasteiger partial charge is 0.381 e. The summed E-state index contributed by atoms with van der Waals surface area (Å²) in [5.74, 6) is 0.462. The van der Waals surface area contributed by atoms with E-state index in [9.17, 15) is 4.79 Å². The number of carbonyl (C=O) groups excluding carboxylic acids is 1. The van der Waals surface area contributed by atoms with E-state index in [0.717, 1.165) is 11.1 Å². The maximum Gasteiger partial charge on any atom is 0.224 e. The first-order valence-electron chi connectivity index (χ1n) is 6.18. The molecule has 1 aliphatic heterocycles. The van der Waals surface area contributed by atoms with E-state index in [1.165, 1.54) is 5.39 Å². The highest BCUT2D eigenvalue weighted by atomic mass is 16.5. The van der Waals surface area contributed by atoms with E-state index in [1.807, 2.05) is 36.4 Å². The quantitative estimate of drug-likeness (QED) is 0.897. The van der Waals surface area contributed by atoms with Gasteiger partial charge in [0.2, 0.25) is 5.91 Å². The molecule has 0 radical (unpaired) electrons. The van der Waals surface area contributed by atoms with Crippen LogP contribution in [-0.4, -0.2) is 19.1 Å². The molecule has 92 valence electrons. The standard InChI is InChI=1S/C15H15NO2/c17-15(7-11-9-18-10-11)16-14-6-5-12-3-1-2-4-13(12)8-14/h1-6,8,11H,7,9-10H2,(H,16,17). The van der Waals surface area contributed by atoms with Crippen LogP contribution in [0.5, 0.6) is 0 Å². The van der Waals surface area contributed by atoms with Crippen molar-refractivity contribution in [3.63, 3.8) is 0 Å². The van der Waals surface area contributed by atoms with Crippen molar-refractivity contribution >= 4 is 22.4 Å². The zero-order chi connectivity index (χ0) is 12.4. The van der Waals surface area contributed by atoms with Gasteiger partial charge in [-0.25, -0.2) is 0 Å². The molecule has 0 unspecified atom stereocenters. The summed E-state index contributed by atoms with van der Waals surface area (Å²) in [6.45, 7) is 1.43. The summed E-state index contributed by atoms with van der Waals surface area (Å²) in [6, 6.07) is 14.1. The van der Waals surface area contributed by atoms with E-state index >= 15 is 0 Å². The molecule has 0 aliphatic carbocycles. The predicted octanol–water partition coefficient (Wildman–Crippen LogP) is 2.81. The number of nitrogens with one attached hydrogen (secondary N) is 1. The lowest BCUT2D eigenvalue weighted by Crippen LogP contribution is -2.31. The normalized spacial score (nSPS) is 15.3. The van der Waals surface area contributed by atoms with Crippen LogP contribution in [0, 0.1) is 5.92 Å². The lowest BCUT2D eigenvalue weighted by Gasteiger charge is -2.25. The van der Waals surface area contributed by atoms with Gasteiger partial charge >= 0.3 is 0 Å². The number of benzene rings is 2. The third kappa shape index (κ3) is 2.36. The van der Waals surface area contributed by atoms with Gasteiger partial charge in [0.05, 0.1) is 13.2 Å². The average Bonchev–Trinajstić information content (AvgIpc) is 2.34. The lowest BCUT2D eigenvalue weighted by molar-refractivity contribution is -0.121. The van der Waals surface area contributed by atoms with Crippen molar-refractivity contribution in [3.8, 4) is 0 Å². The summed E-state index contributed by atoms with van der Waals surface area (Å²) >= 11 is 0. The molecule has 3 rings (SSSR count). The monoisotopic (exact) mass is 241 g/mol. The summed E-state index contributed by atoms with van der Waals surface area (Å²) in [4.78, 5) is 11.8. The van der Waals surface area contributed by atoms with E-state index in [1.54, 1.807) is 0 Å². The van der Waals surface area contributed by atoms with Gasteiger partial charge in [-0.2, -0.15) is 0 Å². The number of hydrogen-bond donors (Lipinski definition) is 1. The second kappa shape index (κ2) is 4.78. The van der Waals surface area contributed by atoms with Gasteiger partial charge in [-0.05, 0) is 22.9 Å². The number of amides is 1. The van der Waals surface area contributed by atoms with Crippen LogP contribution in [-0.2, 0) is 9.53 Å². The number of fused-ring (bicyclic) bond motifs is 1. The van der Waals surface area contributed by atoms with E-state index in [0.29, 0.717) is 25.6 Å². The lowest BCUT2D eigenvalue weighted by atomic mass is 10.0. The van der Waals surface area contributed by atoms with Gasteiger partial charge in [0.15, 0.2) is 0 Å². The summed E-state index contributed by atoms with van der Waals surface area (Å²) in [5.41, 5.74) is 0.860. The third-order valence-electron chi connectivity index (χ3n) is 3.21. The maximum absolute atomic E-state index is 11.8. The number of ether oxygens (including phenoxy) is 1. The van der Waals surface area contributed by atoms with Crippen molar-refractivity contribution in [2.24, 2.45) is 5.92 Å². The van der Waals surface area contributed by atoms with Gasteiger partial charge in [-0.1, -0.05) is 30.3 Å². The minimum absolute atomic E-state index is 0.0681. The van der Waals surface area contributed by atoms with Crippen LogP contribution in [0.15, 0.2) is 42.5 Å². The van der Waals surface area contributed by atoms with E-state index in [4.69, 9.17) is 4.74 Å². The maximum atomic E-state index is 11.8. The second-order valence-corrected chi connectivity index (χ2v) is 4.72. The Labute approximate surface area is 106 Å². The molecule has 1 fully saturated rings. The Kier molecular flexibility index (Phi) is 2.99. The average molecular weight is 241 g/mol. The van der Waals surface area contributed by atoms with Crippen LogP contribution in [0.25, 0.3) is 10.8 Å². The third-order valence-corrected chi connectivity index (χ3v) is 3.21. The molecule has 18 heavy (non-hydrogen) atoms. The number of carbonyl (C=O) groups is 1.